The van der Waals surface area contributed by atoms with Gasteiger partial charge in [0.1, 0.15) is 0 Å². The van der Waals surface area contributed by atoms with Crippen molar-refractivity contribution in [1.82, 2.24) is 14.8 Å². The van der Waals surface area contributed by atoms with Crippen LogP contribution in [-0.2, 0) is 51.2 Å². The van der Waals surface area contributed by atoms with E-state index < -0.39 is 35.7 Å². The Morgan fingerprint density at radius 1 is 0.700 bits per heavy atom. The number of rotatable bonds is 8. The zero-order valence-electron chi connectivity index (χ0n) is 26.8. The zero-order valence-corrected chi connectivity index (χ0v) is 28.4. The van der Waals surface area contributed by atoms with Gasteiger partial charge in [-0.2, -0.15) is 0 Å². The SMILES string of the molecule is COc1cc(-c2cc(CN3CCN(Cc4c(Cl)cccc4Cl)C4(OC(=O)C=CC(=O)O4)C34OC(=O)C=CC(=O)O4)ccn2)cc(OC)c1OC. The molecule has 0 bridgehead atoms. The van der Waals surface area contributed by atoms with Crippen molar-refractivity contribution in [1.29, 1.82) is 0 Å². The number of fused-ring (bicyclic) bond motifs is 1. The van der Waals surface area contributed by atoms with Crippen LogP contribution in [0.25, 0.3) is 11.3 Å². The largest absolute Gasteiger partial charge is 0.493 e. The molecule has 0 amide bonds. The molecule has 2 aromatic carbocycles. The van der Waals surface area contributed by atoms with Crippen LogP contribution in [0.2, 0.25) is 10.0 Å². The fourth-order valence-corrected chi connectivity index (χ4v) is 6.38. The smallest absolute Gasteiger partial charge is 0.420 e. The minimum absolute atomic E-state index is 0.00277. The summed E-state index contributed by atoms with van der Waals surface area (Å²) in [4.78, 5) is 60.0. The highest BCUT2D eigenvalue weighted by atomic mass is 35.5. The topological polar surface area (TPSA) is 152 Å². The average Bonchev–Trinajstić information content (AvgIpc) is 3.36. The maximum absolute atomic E-state index is 13.2. The van der Waals surface area contributed by atoms with Gasteiger partial charge in [-0.25, -0.2) is 29.0 Å². The van der Waals surface area contributed by atoms with Gasteiger partial charge in [0.15, 0.2) is 11.5 Å². The van der Waals surface area contributed by atoms with E-state index in [0.29, 0.717) is 39.6 Å². The van der Waals surface area contributed by atoms with Gasteiger partial charge >= 0.3 is 35.7 Å². The molecule has 4 heterocycles. The van der Waals surface area contributed by atoms with Crippen LogP contribution in [0.1, 0.15) is 11.1 Å². The number of esters is 4. The average molecular weight is 727 g/mol. The van der Waals surface area contributed by atoms with Crippen LogP contribution in [-0.4, -0.2) is 84.9 Å². The molecule has 1 saturated heterocycles. The quantitative estimate of drug-likeness (QED) is 0.307. The van der Waals surface area contributed by atoms with Crippen LogP contribution < -0.4 is 14.2 Å². The monoisotopic (exact) mass is 725 g/mol. The Hall–Kier alpha value is -5.15. The Balaban J connectivity index is 1.47. The van der Waals surface area contributed by atoms with Crippen molar-refractivity contribution in [3.63, 3.8) is 0 Å². The molecular formula is C34H29Cl2N3O11. The molecule has 3 aliphatic rings. The van der Waals surface area contributed by atoms with Crippen molar-refractivity contribution in [2.45, 2.75) is 24.9 Å². The Labute approximate surface area is 295 Å². The standard InChI is InChI=1S/C34H29Cl2N3O11/c1-44-26-16-21(17-27(45-2)32(26)46-3)25-15-20(11-12-37-25)18-38-13-14-39(19-22-23(35)5-4-6-24(22)36)34(49-30(42)9-10-31(43)50-34)33(38)47-28(40)7-8-29(41)48-33/h4-12,15-17H,13-14,18-19H2,1-3H3. The summed E-state index contributed by atoms with van der Waals surface area (Å²) in [6, 6.07) is 11.7. The molecule has 50 heavy (non-hydrogen) atoms. The number of hydrogen-bond donors (Lipinski definition) is 0. The van der Waals surface area contributed by atoms with Gasteiger partial charge in [0.25, 0.3) is 0 Å². The molecule has 1 aromatic heterocycles. The highest BCUT2D eigenvalue weighted by Gasteiger charge is 2.74. The van der Waals surface area contributed by atoms with E-state index in [1.807, 2.05) is 0 Å². The highest BCUT2D eigenvalue weighted by Crippen LogP contribution is 2.47. The van der Waals surface area contributed by atoms with E-state index in [1.54, 1.807) is 48.7 Å². The molecule has 0 radical (unpaired) electrons. The van der Waals surface area contributed by atoms with E-state index in [2.05, 4.69) is 4.98 Å². The van der Waals surface area contributed by atoms with E-state index in [-0.39, 0.29) is 36.2 Å². The number of nitrogens with zero attached hydrogens (tertiary/aromatic N) is 3. The number of ether oxygens (including phenoxy) is 7. The first-order chi connectivity index (χ1) is 24.0. The van der Waals surface area contributed by atoms with Crippen molar-refractivity contribution < 1.29 is 52.3 Å². The molecule has 0 aliphatic carbocycles. The summed E-state index contributed by atoms with van der Waals surface area (Å²) in [7, 11) is 4.48. The Kier molecular flexibility index (Phi) is 9.71. The van der Waals surface area contributed by atoms with Crippen molar-refractivity contribution in [2.75, 3.05) is 34.4 Å². The number of methoxy groups -OCH3 is 3. The van der Waals surface area contributed by atoms with Gasteiger partial charge in [0, 0.05) is 77.9 Å². The summed E-state index contributed by atoms with van der Waals surface area (Å²) in [5.74, 6) is -8.38. The zero-order chi connectivity index (χ0) is 35.6. The fraction of sp³-hybridized carbons (Fsp3) is 0.265. The third-order valence-corrected chi connectivity index (χ3v) is 8.82. The van der Waals surface area contributed by atoms with E-state index in [4.69, 9.17) is 56.4 Å². The van der Waals surface area contributed by atoms with Crippen LogP contribution in [0.15, 0.2) is 73.0 Å². The number of aromatic nitrogens is 1. The number of hydrogen-bond acceptors (Lipinski definition) is 14. The highest BCUT2D eigenvalue weighted by molar-refractivity contribution is 6.36. The molecule has 0 N–H and O–H groups in total. The van der Waals surface area contributed by atoms with Crippen molar-refractivity contribution in [3.05, 3.63) is 94.1 Å². The summed E-state index contributed by atoms with van der Waals surface area (Å²) in [5, 5.41) is 0.502. The number of halogens is 2. The first-order valence-electron chi connectivity index (χ1n) is 15.0. The van der Waals surface area contributed by atoms with E-state index >= 15 is 0 Å². The lowest BCUT2D eigenvalue weighted by Gasteiger charge is -2.55. The van der Waals surface area contributed by atoms with Gasteiger partial charge < -0.3 is 33.2 Å². The minimum atomic E-state index is -2.70. The third-order valence-electron chi connectivity index (χ3n) is 8.11. The summed E-state index contributed by atoms with van der Waals surface area (Å²) >= 11 is 13.0. The molecule has 14 nitrogen and oxygen atoms in total. The molecule has 0 unspecified atom stereocenters. The predicted octanol–water partition coefficient (Wildman–Crippen LogP) is 4.02. The number of pyridine rings is 1. The minimum Gasteiger partial charge on any atom is -0.493 e. The normalized spacial score (nSPS) is 18.5. The van der Waals surface area contributed by atoms with Gasteiger partial charge in [-0.05, 0) is 42.0 Å². The lowest BCUT2D eigenvalue weighted by atomic mass is 10.1. The number of carbonyl (C=O) groups is 4. The molecule has 0 atom stereocenters. The number of carbonyl (C=O) groups excluding carboxylic acids is 4. The van der Waals surface area contributed by atoms with Crippen LogP contribution in [0.5, 0.6) is 17.2 Å². The first-order valence-corrected chi connectivity index (χ1v) is 15.7. The van der Waals surface area contributed by atoms with Gasteiger partial charge in [-0.3, -0.25) is 4.98 Å². The number of piperazine rings is 1. The summed E-state index contributed by atoms with van der Waals surface area (Å²) in [5.41, 5.74) is 2.06. The van der Waals surface area contributed by atoms with Crippen molar-refractivity contribution >= 4 is 47.1 Å². The van der Waals surface area contributed by atoms with Gasteiger partial charge in [-0.15, -0.1) is 0 Å². The second-order valence-electron chi connectivity index (χ2n) is 11.0. The summed E-state index contributed by atoms with van der Waals surface area (Å²) in [6.07, 6.45) is 4.93. The lowest BCUT2D eigenvalue weighted by molar-refractivity contribution is -0.465. The first kappa shape index (κ1) is 34.7. The van der Waals surface area contributed by atoms with Crippen LogP contribution in [0, 0.1) is 0 Å². The van der Waals surface area contributed by atoms with E-state index in [0.717, 1.165) is 24.3 Å². The Bertz CT molecular complexity index is 1850. The maximum atomic E-state index is 13.2. The lowest BCUT2D eigenvalue weighted by Crippen LogP contribution is -2.80. The van der Waals surface area contributed by atoms with Crippen molar-refractivity contribution in [3.8, 4) is 28.5 Å². The van der Waals surface area contributed by atoms with Crippen LogP contribution in [0.4, 0.5) is 0 Å². The molecular weight excluding hydrogens is 697 g/mol. The molecule has 3 aromatic rings. The molecule has 0 saturated carbocycles. The van der Waals surface area contributed by atoms with Gasteiger partial charge in [0.05, 0.1) is 27.0 Å². The molecule has 3 aliphatic heterocycles. The predicted molar refractivity (Wildman–Crippen MR) is 175 cm³/mol. The summed E-state index contributed by atoms with van der Waals surface area (Å²) < 4.78 is 39.9. The molecule has 1 fully saturated rings. The van der Waals surface area contributed by atoms with Gasteiger partial charge in [-0.1, -0.05) is 29.3 Å². The second-order valence-corrected chi connectivity index (χ2v) is 11.8. The van der Waals surface area contributed by atoms with Crippen LogP contribution in [0.3, 0.4) is 0 Å². The molecule has 2 spiro atoms. The second kappa shape index (κ2) is 14.0. The van der Waals surface area contributed by atoms with Crippen molar-refractivity contribution in [2.24, 2.45) is 0 Å². The number of benzene rings is 2. The van der Waals surface area contributed by atoms with Gasteiger partial charge in [0.2, 0.25) is 5.75 Å². The molecule has 16 heteroatoms. The van der Waals surface area contributed by atoms with Crippen LogP contribution >= 0.6 is 23.2 Å². The Morgan fingerprint density at radius 3 is 1.64 bits per heavy atom. The third kappa shape index (κ3) is 6.33. The fourth-order valence-electron chi connectivity index (χ4n) is 5.87. The Morgan fingerprint density at radius 2 is 1.18 bits per heavy atom. The summed E-state index contributed by atoms with van der Waals surface area (Å²) in [6.45, 7) is -0.296. The van der Waals surface area contributed by atoms with E-state index in [1.165, 1.54) is 31.1 Å². The van der Waals surface area contributed by atoms with E-state index in [9.17, 15) is 19.2 Å². The molecule has 260 valence electrons. The maximum Gasteiger partial charge on any atom is 0.420 e. The molecule has 6 rings (SSSR count).